The number of piperidine rings is 1. The Bertz CT molecular complexity index is 531. The van der Waals surface area contributed by atoms with Crippen LogP contribution in [0.5, 0.6) is 0 Å². The normalized spacial score (nSPS) is 16.8. The number of halogens is 1. The topological polar surface area (TPSA) is 57.5 Å². The molecule has 2 rings (SSSR count). The highest BCUT2D eigenvalue weighted by molar-refractivity contribution is 14.0. The molecule has 0 aromatic carbocycles. The molecule has 7 heteroatoms. The summed E-state index contributed by atoms with van der Waals surface area (Å²) in [6.07, 6.45) is 2.54. The number of nitrogens with zero attached hydrogens (tertiary/aromatic N) is 4. The third kappa shape index (κ3) is 5.91. The van der Waals surface area contributed by atoms with E-state index in [2.05, 4.69) is 48.5 Å². The van der Waals surface area contributed by atoms with Gasteiger partial charge >= 0.3 is 0 Å². The van der Waals surface area contributed by atoms with E-state index in [0.717, 1.165) is 30.7 Å². The molecule has 2 N–H and O–H groups in total. The fourth-order valence-corrected chi connectivity index (χ4v) is 3.05. The number of rotatable bonds is 5. The van der Waals surface area contributed by atoms with Crippen LogP contribution in [0.25, 0.3) is 0 Å². The first-order valence-corrected chi connectivity index (χ1v) is 8.71. The van der Waals surface area contributed by atoms with Crippen LogP contribution in [0, 0.1) is 19.8 Å². The second-order valence-electron chi connectivity index (χ2n) is 6.60. The Balaban J connectivity index is 0.00000288. The highest BCUT2D eigenvalue weighted by atomic mass is 127. The highest BCUT2D eigenvalue weighted by Crippen LogP contribution is 2.15. The standard InChI is InChI=1S/C17H32N6.HI/c1-6-18-17(19-11-15-7-9-22(4)10-8-15)20-12-16-13(2)21-23(5)14(16)3;/h15H,6-12H2,1-5H3,(H2,18,19,20);1H. The van der Waals surface area contributed by atoms with Crippen LogP contribution in [-0.2, 0) is 13.6 Å². The molecule has 1 aliphatic heterocycles. The first-order valence-electron chi connectivity index (χ1n) is 8.71. The maximum atomic E-state index is 4.75. The van der Waals surface area contributed by atoms with E-state index in [1.807, 2.05) is 11.7 Å². The fourth-order valence-electron chi connectivity index (χ4n) is 3.05. The molecule has 1 aromatic heterocycles. The number of nitrogens with one attached hydrogen (secondary N) is 2. The summed E-state index contributed by atoms with van der Waals surface area (Å²) >= 11 is 0. The summed E-state index contributed by atoms with van der Waals surface area (Å²) in [5, 5.41) is 11.3. The number of aromatic nitrogens is 2. The maximum Gasteiger partial charge on any atom is 0.191 e. The SMILES string of the molecule is CCNC(=NCc1c(C)nn(C)c1C)NCC1CCN(C)CC1.I. The van der Waals surface area contributed by atoms with Crippen molar-refractivity contribution < 1.29 is 0 Å². The lowest BCUT2D eigenvalue weighted by molar-refractivity contribution is 0.220. The molecule has 1 aliphatic rings. The Labute approximate surface area is 163 Å². The van der Waals surface area contributed by atoms with Crippen molar-refractivity contribution in [2.24, 2.45) is 18.0 Å². The lowest BCUT2D eigenvalue weighted by atomic mass is 9.97. The smallest absolute Gasteiger partial charge is 0.191 e. The number of hydrogen-bond donors (Lipinski definition) is 2. The monoisotopic (exact) mass is 448 g/mol. The zero-order chi connectivity index (χ0) is 16.8. The average molecular weight is 448 g/mol. The molecular formula is C17H33IN6. The number of aliphatic imine (C=N–C) groups is 1. The van der Waals surface area contributed by atoms with E-state index in [0.29, 0.717) is 6.54 Å². The number of aryl methyl sites for hydroxylation is 2. The number of hydrogen-bond acceptors (Lipinski definition) is 3. The summed E-state index contributed by atoms with van der Waals surface area (Å²) in [5.74, 6) is 1.66. The van der Waals surface area contributed by atoms with Crippen LogP contribution in [0.4, 0.5) is 0 Å². The van der Waals surface area contributed by atoms with Crippen molar-refractivity contribution in [2.75, 3.05) is 33.2 Å². The van der Waals surface area contributed by atoms with Gasteiger partial charge in [-0.3, -0.25) is 4.68 Å². The molecule has 24 heavy (non-hydrogen) atoms. The molecule has 0 amide bonds. The van der Waals surface area contributed by atoms with Gasteiger partial charge < -0.3 is 15.5 Å². The third-order valence-electron chi connectivity index (χ3n) is 4.79. The zero-order valence-electron chi connectivity index (χ0n) is 15.7. The van der Waals surface area contributed by atoms with Crippen molar-refractivity contribution in [1.29, 1.82) is 0 Å². The zero-order valence-corrected chi connectivity index (χ0v) is 18.1. The minimum atomic E-state index is 0. The number of likely N-dealkylation sites (tertiary alicyclic amines) is 1. The lowest BCUT2D eigenvalue weighted by Crippen LogP contribution is -2.42. The van der Waals surface area contributed by atoms with Crippen LogP contribution in [-0.4, -0.2) is 53.9 Å². The average Bonchev–Trinajstić information content (AvgIpc) is 2.77. The molecule has 1 fully saturated rings. The van der Waals surface area contributed by atoms with Gasteiger partial charge in [0.2, 0.25) is 0 Å². The predicted molar refractivity (Wildman–Crippen MR) is 111 cm³/mol. The van der Waals surface area contributed by atoms with Crippen molar-refractivity contribution in [3.8, 4) is 0 Å². The van der Waals surface area contributed by atoms with E-state index in [-0.39, 0.29) is 24.0 Å². The van der Waals surface area contributed by atoms with Crippen molar-refractivity contribution in [2.45, 2.75) is 40.2 Å². The summed E-state index contributed by atoms with van der Waals surface area (Å²) in [6, 6.07) is 0. The van der Waals surface area contributed by atoms with Crippen LogP contribution in [0.1, 0.15) is 36.7 Å². The van der Waals surface area contributed by atoms with Crippen molar-refractivity contribution in [3.05, 3.63) is 17.0 Å². The molecule has 0 aliphatic carbocycles. The first kappa shape index (κ1) is 21.2. The molecule has 1 aromatic rings. The Morgan fingerprint density at radius 2 is 1.88 bits per heavy atom. The van der Waals surface area contributed by atoms with Gasteiger partial charge in [0.25, 0.3) is 0 Å². The second-order valence-corrected chi connectivity index (χ2v) is 6.60. The number of guanidine groups is 1. The summed E-state index contributed by atoms with van der Waals surface area (Å²) < 4.78 is 1.93. The van der Waals surface area contributed by atoms with E-state index in [1.54, 1.807) is 0 Å². The van der Waals surface area contributed by atoms with Crippen LogP contribution in [0.3, 0.4) is 0 Å². The van der Waals surface area contributed by atoms with Gasteiger partial charge in [-0.25, -0.2) is 4.99 Å². The van der Waals surface area contributed by atoms with Gasteiger partial charge in [-0.15, -0.1) is 24.0 Å². The van der Waals surface area contributed by atoms with Gasteiger partial charge in [0, 0.05) is 31.4 Å². The molecule has 0 spiro atoms. The van der Waals surface area contributed by atoms with Gasteiger partial charge in [-0.1, -0.05) is 0 Å². The summed E-state index contributed by atoms with van der Waals surface area (Å²) in [7, 11) is 4.19. The second kappa shape index (κ2) is 10.2. The van der Waals surface area contributed by atoms with Crippen LogP contribution in [0.2, 0.25) is 0 Å². The Hall–Kier alpha value is -0.830. The van der Waals surface area contributed by atoms with Crippen molar-refractivity contribution >= 4 is 29.9 Å². The fraction of sp³-hybridized carbons (Fsp3) is 0.765. The van der Waals surface area contributed by atoms with Crippen LogP contribution < -0.4 is 10.6 Å². The van der Waals surface area contributed by atoms with Crippen LogP contribution in [0.15, 0.2) is 4.99 Å². The van der Waals surface area contributed by atoms with Crippen molar-refractivity contribution in [1.82, 2.24) is 25.3 Å². The minimum Gasteiger partial charge on any atom is -0.357 e. The molecule has 0 unspecified atom stereocenters. The van der Waals surface area contributed by atoms with E-state index < -0.39 is 0 Å². The van der Waals surface area contributed by atoms with Gasteiger partial charge in [0.1, 0.15) is 0 Å². The van der Waals surface area contributed by atoms with Crippen molar-refractivity contribution in [3.63, 3.8) is 0 Å². The molecule has 138 valence electrons. The summed E-state index contributed by atoms with van der Waals surface area (Å²) in [5.41, 5.74) is 3.49. The molecule has 0 atom stereocenters. The van der Waals surface area contributed by atoms with Gasteiger partial charge in [0.15, 0.2) is 5.96 Å². The van der Waals surface area contributed by atoms with Crippen LogP contribution >= 0.6 is 24.0 Å². The maximum absolute atomic E-state index is 4.75. The quantitative estimate of drug-likeness (QED) is 0.412. The summed E-state index contributed by atoms with van der Waals surface area (Å²) in [6.45, 7) is 11.2. The Kier molecular flexibility index (Phi) is 9.04. The Morgan fingerprint density at radius 1 is 1.21 bits per heavy atom. The summed E-state index contributed by atoms with van der Waals surface area (Å²) in [4.78, 5) is 7.16. The Morgan fingerprint density at radius 3 is 2.42 bits per heavy atom. The lowest BCUT2D eigenvalue weighted by Gasteiger charge is -2.29. The third-order valence-corrected chi connectivity index (χ3v) is 4.79. The van der Waals surface area contributed by atoms with E-state index >= 15 is 0 Å². The van der Waals surface area contributed by atoms with Gasteiger partial charge in [0.05, 0.1) is 12.2 Å². The van der Waals surface area contributed by atoms with Gasteiger partial charge in [-0.2, -0.15) is 5.10 Å². The molecule has 0 saturated carbocycles. The molecule has 2 heterocycles. The largest absolute Gasteiger partial charge is 0.357 e. The van der Waals surface area contributed by atoms with E-state index in [1.165, 1.54) is 37.2 Å². The molecule has 0 bridgehead atoms. The molecule has 1 saturated heterocycles. The minimum absolute atomic E-state index is 0. The molecule has 0 radical (unpaired) electrons. The van der Waals surface area contributed by atoms with E-state index in [9.17, 15) is 0 Å². The van der Waals surface area contributed by atoms with Gasteiger partial charge in [-0.05, 0) is 59.7 Å². The van der Waals surface area contributed by atoms with E-state index in [4.69, 9.17) is 4.99 Å². The molecular weight excluding hydrogens is 415 g/mol. The highest BCUT2D eigenvalue weighted by Gasteiger charge is 2.16. The predicted octanol–water partition coefficient (Wildman–Crippen LogP) is 2.05. The first-order chi connectivity index (χ1) is 11.0. The molecule has 6 nitrogen and oxygen atoms in total.